The number of nitrogen functional groups attached to an aromatic ring is 1. The van der Waals surface area contributed by atoms with Gasteiger partial charge in [-0.25, -0.2) is 23.6 Å². The van der Waals surface area contributed by atoms with Crippen molar-refractivity contribution in [2.45, 2.75) is 36.4 Å². The summed E-state index contributed by atoms with van der Waals surface area (Å²) >= 11 is 5.73. The monoisotopic (exact) mass is 877 g/mol. The highest BCUT2D eigenvalue weighted by Gasteiger charge is 2.45. The second-order valence-electron chi connectivity index (χ2n) is 14.0. The van der Waals surface area contributed by atoms with Crippen molar-refractivity contribution >= 4 is 51.2 Å². The molecular weight excluding hydrogens is 843 g/mol. The van der Waals surface area contributed by atoms with Crippen molar-refractivity contribution in [3.63, 3.8) is 0 Å². The maximum atomic E-state index is 13.5. The first-order valence-corrected chi connectivity index (χ1v) is 23.7. The highest BCUT2D eigenvalue weighted by Crippen LogP contribution is 2.67. The number of aromatic nitrogens is 4. The number of nitrogens with two attached hydrogens (primary N) is 1. The smallest absolute Gasteiger partial charge is 0.333 e. The van der Waals surface area contributed by atoms with Crippen LogP contribution in [0.4, 0.5) is 5.82 Å². The molecule has 1 saturated heterocycles. The van der Waals surface area contributed by atoms with E-state index in [0.29, 0.717) is 0 Å². The number of nitrogens with zero attached hydrogens (tertiary/aromatic N) is 4. The summed E-state index contributed by atoms with van der Waals surface area (Å²) in [4.78, 5) is 38.6. The molecule has 1 aliphatic heterocycles. The molecule has 4 aromatic carbocycles. The number of hydrogen-bond donors (Lipinski definition) is 3. The summed E-state index contributed by atoms with van der Waals surface area (Å²) in [6.07, 6.45) is -3.70. The molecule has 0 spiro atoms. The van der Waals surface area contributed by atoms with Crippen molar-refractivity contribution in [2.24, 2.45) is 0 Å². The number of phosphoric acid groups is 2. The summed E-state index contributed by atoms with van der Waals surface area (Å²) in [5.41, 5.74) is 13.7. The molecule has 306 valence electrons. The number of aliphatic hydroxyl groups is 2. The molecule has 0 bridgehead atoms. The van der Waals surface area contributed by atoms with Crippen LogP contribution in [0.5, 0.6) is 0 Å². The fraction of sp³-hybridized carbons (Fsp3) is 0.237. The minimum absolute atomic E-state index is 0.0557. The third-order valence-corrected chi connectivity index (χ3v) is 16.3. The number of phosphoric ester groups is 1. The van der Waals surface area contributed by atoms with Gasteiger partial charge < -0.3 is 44.0 Å². The number of aliphatic hydroxyl groups excluding tert-OH is 2. The van der Waals surface area contributed by atoms with Crippen molar-refractivity contribution in [1.82, 2.24) is 19.5 Å². The van der Waals surface area contributed by atoms with Crippen molar-refractivity contribution in [3.05, 3.63) is 132 Å². The van der Waals surface area contributed by atoms with Crippen LogP contribution in [-0.2, 0) is 47.9 Å². The summed E-state index contributed by atoms with van der Waals surface area (Å²) in [5.74, 6) is -0.735. The van der Waals surface area contributed by atoms with Gasteiger partial charge in [0.1, 0.15) is 30.2 Å². The van der Waals surface area contributed by atoms with Crippen LogP contribution in [0.1, 0.15) is 40.3 Å². The van der Waals surface area contributed by atoms with Crippen LogP contribution in [0.15, 0.2) is 110 Å². The predicted octanol–water partition coefficient (Wildman–Crippen LogP) is 4.90. The van der Waals surface area contributed by atoms with Gasteiger partial charge in [0, 0.05) is 11.8 Å². The van der Waals surface area contributed by atoms with E-state index in [0.717, 1.165) is 50.8 Å². The molecule has 17 nitrogen and oxygen atoms in total. The van der Waals surface area contributed by atoms with Gasteiger partial charge in [-0.15, -0.1) is 0 Å². The lowest BCUT2D eigenvalue weighted by molar-refractivity contribution is -0.241. The quantitative estimate of drug-likeness (QED) is 0.123. The van der Waals surface area contributed by atoms with Crippen LogP contribution in [-0.4, -0.2) is 67.9 Å². The zero-order valence-electron chi connectivity index (χ0n) is 30.6. The molecule has 0 saturated carbocycles. The second-order valence-corrected chi connectivity index (χ2v) is 20.1. The van der Waals surface area contributed by atoms with Gasteiger partial charge in [0.05, 0.1) is 26.1 Å². The summed E-state index contributed by atoms with van der Waals surface area (Å²) < 4.78 is 60.5. The fourth-order valence-corrected chi connectivity index (χ4v) is 13.0. The zero-order valence-corrected chi connectivity index (χ0v) is 34.1. The summed E-state index contributed by atoms with van der Waals surface area (Å²) in [7, 11) is -11.7. The summed E-state index contributed by atoms with van der Waals surface area (Å²) in [5, 5.41) is 21.5. The maximum absolute atomic E-state index is 13.5. The van der Waals surface area contributed by atoms with Crippen LogP contribution in [0.25, 0.3) is 33.4 Å². The van der Waals surface area contributed by atoms with E-state index in [-0.39, 0.29) is 30.2 Å². The lowest BCUT2D eigenvalue weighted by Gasteiger charge is -2.34. The van der Waals surface area contributed by atoms with Gasteiger partial charge in [-0.05, 0) is 56.3 Å². The molecule has 6 atom stereocenters. The van der Waals surface area contributed by atoms with E-state index < -0.39 is 65.3 Å². The molecule has 9 rings (SSSR count). The van der Waals surface area contributed by atoms with Crippen molar-refractivity contribution in [3.8, 4) is 22.3 Å². The predicted molar refractivity (Wildman–Crippen MR) is 213 cm³/mol. The van der Waals surface area contributed by atoms with E-state index >= 15 is 0 Å². The standard InChI is InChI=1S/C38H36N5O12P3S/c39-36-33-37(41-20-40-36)43(21-42-33)38-35(45)34(44)32(53-38)19-50-56(46,47)54-57(48,49)55-58(59,51-17-30-26-13-5-1-9-22(26)23-10-2-6-14-27(23)30)52-18-31-28-15-7-3-11-24(28)25-12-4-8-16-29(25)31/h1-16,20-21,30-32,34-35,38,44-45H,17-19H2,(H,46,47)(H,48,49)(H2,39,40,41)/p-2. The SMILES string of the molecule is Nc1ncnc2c1ncn2C1OC(COP(=O)([O-])OP(=O)([O-])OP(=S)(OCC2c3ccccc3-c3ccccc32)OCC2c3ccccc3-c3ccccc32)C(O)C1O. The Morgan fingerprint density at radius 3 is 1.68 bits per heavy atom. The van der Waals surface area contributed by atoms with Gasteiger partial charge in [0.2, 0.25) is 0 Å². The molecular formula is C38H34N5O12P3S-2. The molecule has 6 aromatic rings. The van der Waals surface area contributed by atoms with Crippen molar-refractivity contribution in [2.75, 3.05) is 25.6 Å². The second kappa shape index (κ2) is 15.8. The lowest BCUT2D eigenvalue weighted by Crippen LogP contribution is -2.34. The Labute approximate surface area is 341 Å². The molecule has 4 N–H and O–H groups in total. The van der Waals surface area contributed by atoms with E-state index in [1.807, 2.05) is 97.1 Å². The number of benzene rings is 4. The molecule has 3 aliphatic rings. The number of hydrogen-bond acceptors (Lipinski definition) is 17. The summed E-state index contributed by atoms with van der Waals surface area (Å²) in [6, 6.07) is 30.8. The highest BCUT2D eigenvalue weighted by molar-refractivity contribution is 8.09. The van der Waals surface area contributed by atoms with Gasteiger partial charge in [-0.3, -0.25) is 13.7 Å². The van der Waals surface area contributed by atoms with Gasteiger partial charge in [0.25, 0.3) is 15.6 Å². The Bertz CT molecular complexity index is 2530. The van der Waals surface area contributed by atoms with E-state index in [4.69, 9.17) is 40.2 Å². The third kappa shape index (κ3) is 7.76. The molecule has 2 aliphatic carbocycles. The minimum atomic E-state index is -5.94. The summed E-state index contributed by atoms with van der Waals surface area (Å²) in [6.45, 7) is -5.74. The first kappa shape index (κ1) is 40.4. The van der Waals surface area contributed by atoms with Crippen LogP contribution in [0.3, 0.4) is 0 Å². The Morgan fingerprint density at radius 2 is 1.17 bits per heavy atom. The molecule has 1 fully saturated rings. The van der Waals surface area contributed by atoms with E-state index in [1.54, 1.807) is 0 Å². The molecule has 6 unspecified atom stereocenters. The van der Waals surface area contributed by atoms with Gasteiger partial charge >= 0.3 is 6.72 Å². The largest absolute Gasteiger partial charge is 0.756 e. The Balaban J connectivity index is 0.928. The van der Waals surface area contributed by atoms with Gasteiger partial charge in [-0.2, -0.15) is 0 Å². The average molecular weight is 878 g/mol. The Morgan fingerprint density at radius 1 is 0.678 bits per heavy atom. The maximum Gasteiger partial charge on any atom is 0.333 e. The van der Waals surface area contributed by atoms with E-state index in [2.05, 4.69) is 19.3 Å². The van der Waals surface area contributed by atoms with Crippen LogP contribution in [0.2, 0.25) is 0 Å². The van der Waals surface area contributed by atoms with Crippen molar-refractivity contribution < 1.29 is 56.1 Å². The fourth-order valence-electron chi connectivity index (χ4n) is 7.90. The molecule has 21 heteroatoms. The minimum Gasteiger partial charge on any atom is -0.756 e. The molecule has 0 radical (unpaired) electrons. The van der Waals surface area contributed by atoms with Gasteiger partial charge in [-0.1, -0.05) is 97.1 Å². The van der Waals surface area contributed by atoms with Crippen molar-refractivity contribution in [1.29, 1.82) is 0 Å². The highest BCUT2D eigenvalue weighted by atomic mass is 32.5. The Hall–Kier alpha value is -4.06. The van der Waals surface area contributed by atoms with Crippen LogP contribution in [0, 0.1) is 0 Å². The Kier molecular flexibility index (Phi) is 10.8. The number of ether oxygens (including phenoxy) is 1. The van der Waals surface area contributed by atoms with E-state index in [1.165, 1.54) is 10.9 Å². The number of rotatable bonds is 14. The number of imidazole rings is 1. The van der Waals surface area contributed by atoms with Crippen LogP contribution < -0.4 is 15.5 Å². The molecule has 59 heavy (non-hydrogen) atoms. The number of anilines is 1. The molecule has 2 aromatic heterocycles. The molecule has 0 amide bonds. The lowest BCUT2D eigenvalue weighted by atomic mass is 9.98. The number of fused-ring (bicyclic) bond motifs is 7. The first-order valence-electron chi connectivity index (χ1n) is 18.2. The topological polar surface area (TPSA) is 246 Å². The third-order valence-electron chi connectivity index (χ3n) is 10.5. The van der Waals surface area contributed by atoms with Gasteiger partial charge in [0.15, 0.2) is 17.7 Å². The zero-order chi connectivity index (χ0) is 41.1. The average Bonchev–Trinajstić information content (AvgIpc) is 3.95. The molecule has 3 heterocycles. The normalized spacial score (nSPS) is 22.1. The van der Waals surface area contributed by atoms with E-state index in [9.17, 15) is 29.1 Å². The first-order chi connectivity index (χ1) is 28.3. The van der Waals surface area contributed by atoms with Crippen LogP contribution >= 0.6 is 22.4 Å².